The molecule has 2 N–H and O–H groups in total. The molecule has 3 rings (SSSR count). The third kappa shape index (κ3) is 2.00. The van der Waals surface area contributed by atoms with Crippen LogP contribution in [-0.2, 0) is 9.84 Å². The van der Waals surface area contributed by atoms with Crippen LogP contribution in [0.15, 0.2) is 29.3 Å². The number of nitrogens with two attached hydrogens (primary N) is 1. The molecule has 5 nitrogen and oxygen atoms in total. The van der Waals surface area contributed by atoms with Crippen LogP contribution in [0.5, 0.6) is 0 Å². The normalized spacial score (nSPS) is 28.9. The summed E-state index contributed by atoms with van der Waals surface area (Å²) in [5.74, 6) is 0.777. The Bertz CT molecular complexity index is 654. The van der Waals surface area contributed by atoms with Crippen molar-refractivity contribution in [3.63, 3.8) is 0 Å². The second kappa shape index (κ2) is 3.96. The second-order valence-corrected chi connectivity index (χ2v) is 7.60. The van der Waals surface area contributed by atoms with Crippen molar-refractivity contribution < 1.29 is 8.42 Å². The molecule has 2 aliphatic rings. The van der Waals surface area contributed by atoms with E-state index in [9.17, 15) is 8.42 Å². The van der Waals surface area contributed by atoms with Crippen LogP contribution < -0.4 is 10.6 Å². The first-order chi connectivity index (χ1) is 8.92. The number of aliphatic imine (C=N–C) groups is 1. The fourth-order valence-electron chi connectivity index (χ4n) is 2.99. The number of guanidine groups is 1. The number of rotatable bonds is 1. The van der Waals surface area contributed by atoms with Crippen LogP contribution in [0, 0.1) is 6.92 Å². The lowest BCUT2D eigenvalue weighted by atomic mass is 9.97. The van der Waals surface area contributed by atoms with Crippen LogP contribution in [0.2, 0.25) is 0 Å². The summed E-state index contributed by atoms with van der Waals surface area (Å²) in [6, 6.07) is 7.92. The summed E-state index contributed by atoms with van der Waals surface area (Å²) in [5.41, 5.74) is 7.56. The van der Waals surface area contributed by atoms with E-state index < -0.39 is 15.4 Å². The van der Waals surface area contributed by atoms with Crippen molar-refractivity contribution in [3.05, 3.63) is 29.8 Å². The molecule has 19 heavy (non-hydrogen) atoms. The number of sulfone groups is 1. The van der Waals surface area contributed by atoms with E-state index in [1.807, 2.05) is 36.1 Å². The van der Waals surface area contributed by atoms with Gasteiger partial charge in [0.05, 0.1) is 23.6 Å². The van der Waals surface area contributed by atoms with E-state index >= 15 is 0 Å². The van der Waals surface area contributed by atoms with Gasteiger partial charge in [-0.05, 0) is 31.0 Å². The predicted molar refractivity (Wildman–Crippen MR) is 76.1 cm³/mol. The Labute approximate surface area is 113 Å². The largest absolute Gasteiger partial charge is 0.369 e. The topological polar surface area (TPSA) is 75.8 Å². The molecule has 0 aliphatic carbocycles. The standard InChI is InChI=1S/C13H17N3O2S/c1-10-3-2-4-11(7-10)16-12(14)15-8-13(16)5-6-19(17,18)9-13/h2-4,7H,5-6,8-9H2,1H3,(H2,14,15). The first-order valence-corrected chi connectivity index (χ1v) is 8.11. The molecule has 1 atom stereocenters. The van der Waals surface area contributed by atoms with Gasteiger partial charge in [-0.15, -0.1) is 0 Å². The molecule has 1 fully saturated rings. The van der Waals surface area contributed by atoms with Gasteiger partial charge in [-0.1, -0.05) is 12.1 Å². The lowest BCUT2D eigenvalue weighted by Gasteiger charge is -2.35. The molecule has 1 spiro atoms. The summed E-state index contributed by atoms with van der Waals surface area (Å²) in [4.78, 5) is 6.19. The molecule has 1 saturated heterocycles. The minimum absolute atomic E-state index is 0.137. The molecule has 0 saturated carbocycles. The average Bonchev–Trinajstić information content (AvgIpc) is 2.80. The number of anilines is 1. The highest BCUT2D eigenvalue weighted by Crippen LogP contribution is 2.37. The maximum absolute atomic E-state index is 11.8. The summed E-state index contributed by atoms with van der Waals surface area (Å²) in [7, 11) is -2.98. The lowest BCUT2D eigenvalue weighted by molar-refractivity contribution is 0.513. The van der Waals surface area contributed by atoms with Crippen molar-refractivity contribution in [2.75, 3.05) is 23.0 Å². The van der Waals surface area contributed by atoms with Crippen LogP contribution in [0.1, 0.15) is 12.0 Å². The van der Waals surface area contributed by atoms with E-state index in [0.717, 1.165) is 11.3 Å². The Hall–Kier alpha value is -1.56. The Balaban J connectivity index is 2.05. The Morgan fingerprint density at radius 3 is 2.84 bits per heavy atom. The molecule has 1 unspecified atom stereocenters. The molecule has 6 heteroatoms. The summed E-state index contributed by atoms with van der Waals surface area (Å²) in [6.45, 7) is 2.47. The minimum atomic E-state index is -2.98. The summed E-state index contributed by atoms with van der Waals surface area (Å²) in [5, 5.41) is 0. The van der Waals surface area contributed by atoms with Crippen LogP contribution in [0.3, 0.4) is 0 Å². The Morgan fingerprint density at radius 1 is 1.42 bits per heavy atom. The van der Waals surface area contributed by atoms with Gasteiger partial charge in [0, 0.05) is 5.69 Å². The summed E-state index contributed by atoms with van der Waals surface area (Å²) < 4.78 is 23.6. The van der Waals surface area contributed by atoms with Gasteiger partial charge in [0.2, 0.25) is 0 Å². The Kier molecular flexibility index (Phi) is 2.60. The minimum Gasteiger partial charge on any atom is -0.369 e. The number of nitrogens with zero attached hydrogens (tertiary/aromatic N) is 2. The predicted octanol–water partition coefficient (Wildman–Crippen LogP) is 0.687. The van der Waals surface area contributed by atoms with Crippen LogP contribution in [-0.4, -0.2) is 38.0 Å². The molecular weight excluding hydrogens is 262 g/mol. The molecule has 1 aromatic carbocycles. The molecule has 0 bridgehead atoms. The second-order valence-electron chi connectivity index (χ2n) is 5.42. The maximum atomic E-state index is 11.8. The van der Waals surface area contributed by atoms with Crippen LogP contribution in [0.25, 0.3) is 0 Å². The zero-order valence-electron chi connectivity index (χ0n) is 10.8. The van der Waals surface area contributed by atoms with Crippen molar-refractivity contribution >= 4 is 21.5 Å². The summed E-state index contributed by atoms with van der Waals surface area (Å²) in [6.07, 6.45) is 0.591. The fourth-order valence-corrected chi connectivity index (χ4v) is 5.00. The first kappa shape index (κ1) is 12.5. The van der Waals surface area contributed by atoms with Gasteiger partial charge >= 0.3 is 0 Å². The third-order valence-electron chi connectivity index (χ3n) is 3.87. The van der Waals surface area contributed by atoms with Gasteiger partial charge in [0.15, 0.2) is 15.8 Å². The average molecular weight is 279 g/mol. The number of hydrogen-bond donors (Lipinski definition) is 1. The third-order valence-corrected chi connectivity index (χ3v) is 5.67. The van der Waals surface area contributed by atoms with E-state index in [1.165, 1.54) is 0 Å². The van der Waals surface area contributed by atoms with Gasteiger partial charge in [0.1, 0.15) is 0 Å². The van der Waals surface area contributed by atoms with Crippen LogP contribution >= 0.6 is 0 Å². The van der Waals surface area contributed by atoms with Gasteiger partial charge in [-0.2, -0.15) is 0 Å². The fraction of sp³-hybridized carbons (Fsp3) is 0.462. The molecule has 1 aromatic rings. The molecular formula is C13H17N3O2S. The van der Waals surface area contributed by atoms with Gasteiger partial charge < -0.3 is 10.6 Å². The van der Waals surface area contributed by atoms with E-state index in [2.05, 4.69) is 4.99 Å². The molecule has 0 radical (unpaired) electrons. The molecule has 2 aliphatic heterocycles. The number of hydrogen-bond acceptors (Lipinski definition) is 5. The monoisotopic (exact) mass is 279 g/mol. The maximum Gasteiger partial charge on any atom is 0.196 e. The quantitative estimate of drug-likeness (QED) is 0.820. The first-order valence-electron chi connectivity index (χ1n) is 6.29. The smallest absolute Gasteiger partial charge is 0.196 e. The van der Waals surface area contributed by atoms with E-state index in [4.69, 9.17) is 5.73 Å². The number of aryl methyl sites for hydroxylation is 1. The van der Waals surface area contributed by atoms with E-state index in [-0.39, 0.29) is 11.5 Å². The molecule has 0 amide bonds. The molecule has 2 heterocycles. The zero-order valence-corrected chi connectivity index (χ0v) is 11.7. The molecule has 0 aromatic heterocycles. The highest BCUT2D eigenvalue weighted by molar-refractivity contribution is 7.91. The van der Waals surface area contributed by atoms with Crippen molar-refractivity contribution in [1.29, 1.82) is 0 Å². The lowest BCUT2D eigenvalue weighted by Crippen LogP contribution is -2.53. The highest BCUT2D eigenvalue weighted by atomic mass is 32.2. The number of benzene rings is 1. The van der Waals surface area contributed by atoms with E-state index in [0.29, 0.717) is 18.9 Å². The van der Waals surface area contributed by atoms with Crippen molar-refractivity contribution in [2.24, 2.45) is 10.7 Å². The SMILES string of the molecule is Cc1cccc(N2C(N)=NCC23CCS(=O)(=O)C3)c1. The van der Waals surface area contributed by atoms with Gasteiger partial charge in [-0.3, -0.25) is 4.99 Å². The zero-order chi connectivity index (χ0) is 13.7. The van der Waals surface area contributed by atoms with Crippen molar-refractivity contribution in [2.45, 2.75) is 18.9 Å². The van der Waals surface area contributed by atoms with Gasteiger partial charge in [-0.25, -0.2) is 8.42 Å². The summed E-state index contributed by atoms with van der Waals surface area (Å²) >= 11 is 0. The highest BCUT2D eigenvalue weighted by Gasteiger charge is 2.50. The molecule has 102 valence electrons. The van der Waals surface area contributed by atoms with Gasteiger partial charge in [0.25, 0.3) is 0 Å². The Morgan fingerprint density at radius 2 is 2.21 bits per heavy atom. The van der Waals surface area contributed by atoms with E-state index in [1.54, 1.807) is 0 Å². The van der Waals surface area contributed by atoms with Crippen LogP contribution in [0.4, 0.5) is 5.69 Å². The van der Waals surface area contributed by atoms with Crippen molar-refractivity contribution in [3.8, 4) is 0 Å². The van der Waals surface area contributed by atoms with Crippen molar-refractivity contribution in [1.82, 2.24) is 0 Å².